The number of nitrogens with one attached hydrogen (secondary N) is 1. The molecule has 3 rings (SSSR count). The van der Waals surface area contributed by atoms with Gasteiger partial charge in [0.2, 0.25) is 0 Å². The first-order valence-corrected chi connectivity index (χ1v) is 9.64. The van der Waals surface area contributed by atoms with Crippen LogP contribution in [0.4, 0.5) is 14.9 Å². The van der Waals surface area contributed by atoms with Crippen LogP contribution in [0.2, 0.25) is 0 Å². The molecule has 25 heavy (non-hydrogen) atoms. The number of halogens is 1. The highest BCUT2D eigenvalue weighted by atomic mass is 19.1. The third-order valence-corrected chi connectivity index (χ3v) is 5.64. The van der Waals surface area contributed by atoms with Gasteiger partial charge in [0.1, 0.15) is 5.82 Å². The number of para-hydroxylation sites is 1. The highest BCUT2D eigenvalue weighted by Crippen LogP contribution is 2.23. The van der Waals surface area contributed by atoms with Crippen LogP contribution in [0.5, 0.6) is 0 Å². The molecule has 2 saturated heterocycles. The van der Waals surface area contributed by atoms with Crippen LogP contribution in [0, 0.1) is 17.7 Å². The Labute approximate surface area is 150 Å². The van der Waals surface area contributed by atoms with Gasteiger partial charge in [-0.1, -0.05) is 19.1 Å². The fourth-order valence-electron chi connectivity index (χ4n) is 3.92. The van der Waals surface area contributed by atoms with Crippen LogP contribution in [0.1, 0.15) is 39.0 Å². The number of carbonyl (C=O) groups excluding carboxylic acids is 1. The average Bonchev–Trinajstić information content (AvgIpc) is 2.85. The van der Waals surface area contributed by atoms with Crippen molar-refractivity contribution >= 4 is 11.7 Å². The average molecular weight is 347 g/mol. The molecule has 2 fully saturated rings. The van der Waals surface area contributed by atoms with Gasteiger partial charge in [-0.05, 0) is 69.2 Å². The molecule has 2 aliphatic heterocycles. The molecule has 1 aromatic carbocycles. The molecule has 0 spiro atoms. The largest absolute Gasteiger partial charge is 0.325 e. The van der Waals surface area contributed by atoms with Crippen LogP contribution in [-0.4, -0.2) is 48.6 Å². The van der Waals surface area contributed by atoms with Crippen LogP contribution < -0.4 is 5.32 Å². The zero-order valence-corrected chi connectivity index (χ0v) is 15.2. The summed E-state index contributed by atoms with van der Waals surface area (Å²) in [5.74, 6) is 1.14. The maximum Gasteiger partial charge on any atom is 0.321 e. The van der Waals surface area contributed by atoms with Crippen LogP contribution in [0.3, 0.4) is 0 Å². The highest BCUT2D eigenvalue weighted by Gasteiger charge is 2.24. The molecule has 138 valence electrons. The Balaban J connectivity index is 1.48. The van der Waals surface area contributed by atoms with E-state index in [1.807, 2.05) is 4.90 Å². The number of anilines is 1. The number of benzene rings is 1. The second-order valence-electron chi connectivity index (χ2n) is 7.68. The SMILES string of the molecule is CC1CCN(CC2CCCN(C(=O)Nc3ccccc3F)CC2)CC1. The lowest BCUT2D eigenvalue weighted by atomic mass is 9.95. The minimum atomic E-state index is -0.386. The molecular weight excluding hydrogens is 317 g/mol. The molecule has 1 atom stereocenters. The molecule has 0 bridgehead atoms. The number of hydrogen-bond donors (Lipinski definition) is 1. The number of hydrogen-bond acceptors (Lipinski definition) is 2. The molecule has 1 aromatic rings. The number of amides is 2. The minimum absolute atomic E-state index is 0.183. The first kappa shape index (κ1) is 18.2. The first-order chi connectivity index (χ1) is 12.1. The Morgan fingerprint density at radius 2 is 1.88 bits per heavy atom. The summed E-state index contributed by atoms with van der Waals surface area (Å²) < 4.78 is 13.7. The van der Waals surface area contributed by atoms with Crippen molar-refractivity contribution in [3.8, 4) is 0 Å². The highest BCUT2D eigenvalue weighted by molar-refractivity contribution is 5.89. The Morgan fingerprint density at radius 1 is 1.12 bits per heavy atom. The normalized spacial score (nSPS) is 23.3. The van der Waals surface area contributed by atoms with Crippen molar-refractivity contribution in [3.63, 3.8) is 0 Å². The van der Waals surface area contributed by atoms with Gasteiger partial charge in [-0.25, -0.2) is 9.18 Å². The van der Waals surface area contributed by atoms with Crippen LogP contribution in [0.15, 0.2) is 24.3 Å². The van der Waals surface area contributed by atoms with E-state index in [0.717, 1.165) is 38.4 Å². The van der Waals surface area contributed by atoms with Gasteiger partial charge in [0.05, 0.1) is 5.69 Å². The van der Waals surface area contributed by atoms with Gasteiger partial charge in [0, 0.05) is 19.6 Å². The van der Waals surface area contributed by atoms with Crippen molar-refractivity contribution in [2.24, 2.45) is 11.8 Å². The van der Waals surface area contributed by atoms with Crippen molar-refractivity contribution in [2.45, 2.75) is 39.0 Å². The molecule has 2 heterocycles. The summed E-state index contributed by atoms with van der Waals surface area (Å²) in [4.78, 5) is 16.9. The van der Waals surface area contributed by atoms with E-state index < -0.39 is 0 Å². The topological polar surface area (TPSA) is 35.6 Å². The zero-order chi connectivity index (χ0) is 17.6. The number of urea groups is 1. The molecule has 2 amide bonds. The van der Waals surface area contributed by atoms with Crippen molar-refractivity contribution in [3.05, 3.63) is 30.1 Å². The molecule has 0 aromatic heterocycles. The standard InChI is InChI=1S/C20H30FN3O/c1-16-8-12-23(13-9-16)15-17-5-4-11-24(14-10-17)20(25)22-19-7-3-2-6-18(19)21/h2-3,6-7,16-17H,4-5,8-15H2,1H3,(H,22,25). The third kappa shape index (κ3) is 5.18. The number of carbonyl (C=O) groups is 1. The lowest BCUT2D eigenvalue weighted by molar-refractivity contribution is 0.160. The van der Waals surface area contributed by atoms with E-state index in [0.29, 0.717) is 5.92 Å². The van der Waals surface area contributed by atoms with E-state index in [1.54, 1.807) is 18.2 Å². The van der Waals surface area contributed by atoms with Gasteiger partial charge >= 0.3 is 6.03 Å². The Bertz CT molecular complexity index is 572. The lowest BCUT2D eigenvalue weighted by Crippen LogP contribution is -2.38. The zero-order valence-electron chi connectivity index (χ0n) is 15.2. The third-order valence-electron chi connectivity index (χ3n) is 5.64. The quantitative estimate of drug-likeness (QED) is 0.890. The summed E-state index contributed by atoms with van der Waals surface area (Å²) in [5.41, 5.74) is 0.260. The molecule has 0 aliphatic carbocycles. The Hall–Kier alpha value is -1.62. The van der Waals surface area contributed by atoms with E-state index in [4.69, 9.17) is 0 Å². The predicted molar refractivity (Wildman–Crippen MR) is 99.2 cm³/mol. The summed E-state index contributed by atoms with van der Waals surface area (Å²) in [6, 6.07) is 6.15. The van der Waals surface area contributed by atoms with Crippen LogP contribution >= 0.6 is 0 Å². The van der Waals surface area contributed by atoms with Crippen molar-refractivity contribution < 1.29 is 9.18 Å². The molecule has 2 aliphatic rings. The van der Waals surface area contributed by atoms with Gasteiger partial charge in [-0.2, -0.15) is 0 Å². The predicted octanol–water partition coefficient (Wildman–Crippen LogP) is 4.19. The minimum Gasteiger partial charge on any atom is -0.325 e. The smallest absolute Gasteiger partial charge is 0.321 e. The van der Waals surface area contributed by atoms with Gasteiger partial charge in [0.15, 0.2) is 0 Å². The van der Waals surface area contributed by atoms with E-state index in [1.165, 1.54) is 38.4 Å². The first-order valence-electron chi connectivity index (χ1n) is 9.64. The molecule has 0 saturated carbocycles. The number of piperidine rings is 1. The van der Waals surface area contributed by atoms with Gasteiger partial charge in [0.25, 0.3) is 0 Å². The van der Waals surface area contributed by atoms with E-state index in [2.05, 4.69) is 17.1 Å². The molecule has 1 N–H and O–H groups in total. The maximum atomic E-state index is 13.7. The second-order valence-corrected chi connectivity index (χ2v) is 7.68. The van der Waals surface area contributed by atoms with Gasteiger partial charge in [-0.3, -0.25) is 0 Å². The van der Waals surface area contributed by atoms with E-state index >= 15 is 0 Å². The molecule has 1 unspecified atom stereocenters. The Morgan fingerprint density at radius 3 is 2.64 bits per heavy atom. The van der Waals surface area contributed by atoms with Crippen molar-refractivity contribution in [1.29, 1.82) is 0 Å². The molecule has 5 heteroatoms. The number of likely N-dealkylation sites (tertiary alicyclic amines) is 2. The van der Waals surface area contributed by atoms with E-state index in [9.17, 15) is 9.18 Å². The van der Waals surface area contributed by atoms with Crippen molar-refractivity contribution in [1.82, 2.24) is 9.80 Å². The molecule has 0 radical (unpaired) electrons. The summed E-state index contributed by atoms with van der Waals surface area (Å²) in [7, 11) is 0. The fraction of sp³-hybridized carbons (Fsp3) is 0.650. The monoisotopic (exact) mass is 347 g/mol. The summed E-state index contributed by atoms with van der Waals surface area (Å²) >= 11 is 0. The van der Waals surface area contributed by atoms with Crippen molar-refractivity contribution in [2.75, 3.05) is 38.0 Å². The summed E-state index contributed by atoms with van der Waals surface area (Å²) in [6.45, 7) is 7.46. The van der Waals surface area contributed by atoms with E-state index in [-0.39, 0.29) is 17.5 Å². The van der Waals surface area contributed by atoms with Gasteiger partial charge < -0.3 is 15.1 Å². The number of nitrogens with zero attached hydrogens (tertiary/aromatic N) is 2. The molecular formula is C20H30FN3O. The van der Waals surface area contributed by atoms with Gasteiger partial charge in [-0.15, -0.1) is 0 Å². The second kappa shape index (κ2) is 8.65. The number of rotatable bonds is 3. The summed E-state index contributed by atoms with van der Waals surface area (Å²) in [5, 5.41) is 2.71. The Kier molecular flexibility index (Phi) is 6.29. The van der Waals surface area contributed by atoms with Crippen LogP contribution in [0.25, 0.3) is 0 Å². The fourth-order valence-corrected chi connectivity index (χ4v) is 3.92. The van der Waals surface area contributed by atoms with Crippen LogP contribution in [-0.2, 0) is 0 Å². The summed E-state index contributed by atoms with van der Waals surface area (Å²) in [6.07, 6.45) is 5.86. The lowest BCUT2D eigenvalue weighted by Gasteiger charge is -2.32. The molecule has 4 nitrogen and oxygen atoms in total. The maximum absolute atomic E-state index is 13.7.